The molecule has 2 saturated heterocycles. The van der Waals surface area contributed by atoms with Gasteiger partial charge in [-0.2, -0.15) is 0 Å². The Morgan fingerprint density at radius 2 is 1.96 bits per heavy atom. The second-order valence-electron chi connectivity index (χ2n) is 6.67. The highest BCUT2D eigenvalue weighted by Crippen LogP contribution is 2.32. The first-order valence-electron chi connectivity index (χ1n) is 7.98. The Kier molecular flexibility index (Phi) is 4.97. The van der Waals surface area contributed by atoms with Crippen LogP contribution in [0.3, 0.4) is 0 Å². The maximum absolute atomic E-state index is 12.9. The lowest BCUT2D eigenvalue weighted by Gasteiger charge is -2.28. The van der Waals surface area contributed by atoms with Crippen molar-refractivity contribution in [1.82, 2.24) is 9.80 Å². The van der Waals surface area contributed by atoms with Gasteiger partial charge >= 0.3 is 5.97 Å². The molecule has 1 N–H and O–H groups in total. The third-order valence-corrected chi connectivity index (χ3v) is 6.08. The number of carboxylic acids is 1. The van der Waals surface area contributed by atoms with Crippen LogP contribution in [0.5, 0.6) is 0 Å². The van der Waals surface area contributed by atoms with Gasteiger partial charge in [0.15, 0.2) is 0 Å². The lowest BCUT2D eigenvalue weighted by molar-refractivity contribution is -0.147. The molecular formula is C17H19ClN2O4S. The SMILES string of the molecule is CC1(C(=O)O)CCN(C(=O)C2CSCN2C(=O)c2ccc(Cl)cc2)C1. The summed E-state index contributed by atoms with van der Waals surface area (Å²) < 4.78 is 0. The largest absolute Gasteiger partial charge is 0.481 e. The van der Waals surface area contributed by atoms with Gasteiger partial charge in [0.25, 0.3) is 5.91 Å². The van der Waals surface area contributed by atoms with Crippen LogP contribution in [0.2, 0.25) is 5.02 Å². The van der Waals surface area contributed by atoms with Gasteiger partial charge in [-0.15, -0.1) is 11.8 Å². The number of benzene rings is 1. The Hall–Kier alpha value is -1.73. The Balaban J connectivity index is 1.73. The van der Waals surface area contributed by atoms with Gasteiger partial charge in [0.2, 0.25) is 5.91 Å². The zero-order valence-corrected chi connectivity index (χ0v) is 15.3. The summed E-state index contributed by atoms with van der Waals surface area (Å²) in [5, 5.41) is 9.88. The van der Waals surface area contributed by atoms with E-state index in [-0.39, 0.29) is 18.4 Å². The molecule has 1 aromatic carbocycles. The fourth-order valence-corrected chi connectivity index (χ4v) is 4.41. The zero-order valence-electron chi connectivity index (χ0n) is 13.8. The number of halogens is 1. The van der Waals surface area contributed by atoms with Gasteiger partial charge < -0.3 is 14.9 Å². The van der Waals surface area contributed by atoms with Crippen LogP contribution in [-0.2, 0) is 9.59 Å². The Morgan fingerprint density at radius 3 is 2.56 bits per heavy atom. The molecule has 0 aromatic heterocycles. The van der Waals surface area contributed by atoms with Crippen molar-refractivity contribution in [2.75, 3.05) is 24.7 Å². The second-order valence-corrected chi connectivity index (χ2v) is 8.11. The highest BCUT2D eigenvalue weighted by Gasteiger charge is 2.45. The number of thioether (sulfide) groups is 1. The van der Waals surface area contributed by atoms with Crippen LogP contribution in [0, 0.1) is 5.41 Å². The summed E-state index contributed by atoms with van der Waals surface area (Å²) in [5.41, 5.74) is -0.423. The normalized spacial score (nSPS) is 26.1. The summed E-state index contributed by atoms with van der Waals surface area (Å²) in [5.74, 6) is -0.296. The van der Waals surface area contributed by atoms with Crippen molar-refractivity contribution in [1.29, 1.82) is 0 Å². The maximum Gasteiger partial charge on any atom is 0.311 e. The van der Waals surface area contributed by atoms with Gasteiger partial charge in [-0.25, -0.2) is 0 Å². The monoisotopic (exact) mass is 382 g/mol. The van der Waals surface area contributed by atoms with Gasteiger partial charge in [0.05, 0.1) is 11.3 Å². The Morgan fingerprint density at radius 1 is 1.28 bits per heavy atom. The van der Waals surface area contributed by atoms with E-state index in [1.807, 2.05) is 0 Å². The maximum atomic E-state index is 12.9. The van der Waals surface area contributed by atoms with Gasteiger partial charge in [0, 0.05) is 29.4 Å². The van der Waals surface area contributed by atoms with Crippen molar-refractivity contribution in [3.63, 3.8) is 0 Å². The van der Waals surface area contributed by atoms with Crippen LogP contribution in [0.25, 0.3) is 0 Å². The molecule has 3 rings (SSSR count). The number of rotatable bonds is 3. The third-order valence-electron chi connectivity index (χ3n) is 4.82. The first kappa shape index (κ1) is 18.1. The second kappa shape index (κ2) is 6.88. The molecule has 2 atom stereocenters. The molecule has 2 fully saturated rings. The van der Waals surface area contributed by atoms with Gasteiger partial charge in [0.1, 0.15) is 6.04 Å². The molecule has 1 aromatic rings. The van der Waals surface area contributed by atoms with E-state index in [0.717, 1.165) is 0 Å². The fraction of sp³-hybridized carbons (Fsp3) is 0.471. The summed E-state index contributed by atoms with van der Waals surface area (Å²) in [6.07, 6.45) is 0.430. The first-order valence-corrected chi connectivity index (χ1v) is 9.51. The number of nitrogens with zero attached hydrogens (tertiary/aromatic N) is 2. The van der Waals surface area contributed by atoms with E-state index < -0.39 is 17.4 Å². The minimum Gasteiger partial charge on any atom is -0.481 e. The minimum absolute atomic E-state index is 0.169. The molecule has 0 spiro atoms. The first-order chi connectivity index (χ1) is 11.8. The van der Waals surface area contributed by atoms with Crippen LogP contribution >= 0.6 is 23.4 Å². The molecule has 0 bridgehead atoms. The quantitative estimate of drug-likeness (QED) is 0.866. The third kappa shape index (κ3) is 3.48. The molecule has 2 aliphatic rings. The average Bonchev–Trinajstić information content (AvgIpc) is 3.22. The van der Waals surface area contributed by atoms with Gasteiger partial charge in [-0.1, -0.05) is 11.6 Å². The van der Waals surface area contributed by atoms with E-state index in [9.17, 15) is 19.5 Å². The number of likely N-dealkylation sites (tertiary alicyclic amines) is 1. The molecule has 2 amide bonds. The molecule has 2 heterocycles. The van der Waals surface area contributed by atoms with Crippen LogP contribution in [0.1, 0.15) is 23.7 Å². The fourth-order valence-electron chi connectivity index (χ4n) is 3.14. The number of carbonyl (C=O) groups excluding carboxylic acids is 2. The molecule has 0 aliphatic carbocycles. The highest BCUT2D eigenvalue weighted by molar-refractivity contribution is 7.99. The predicted molar refractivity (Wildman–Crippen MR) is 95.7 cm³/mol. The van der Waals surface area contributed by atoms with E-state index in [4.69, 9.17) is 11.6 Å². The van der Waals surface area contributed by atoms with Crippen molar-refractivity contribution in [2.45, 2.75) is 19.4 Å². The summed E-state index contributed by atoms with van der Waals surface area (Å²) in [6.45, 7) is 2.25. The molecule has 2 aliphatic heterocycles. The standard InChI is InChI=1S/C17H19ClN2O4S/c1-17(16(23)24)6-7-19(9-17)15(22)13-8-25-10-20(13)14(21)11-2-4-12(18)5-3-11/h2-5,13H,6-10H2,1H3,(H,23,24). The minimum atomic E-state index is -0.910. The van der Waals surface area contributed by atoms with Crippen molar-refractivity contribution < 1.29 is 19.5 Å². The van der Waals surface area contributed by atoms with Crippen LogP contribution in [0.15, 0.2) is 24.3 Å². The molecule has 2 unspecified atom stereocenters. The van der Waals surface area contributed by atoms with Crippen molar-refractivity contribution in [3.8, 4) is 0 Å². The van der Waals surface area contributed by atoms with E-state index in [2.05, 4.69) is 0 Å². The number of carbonyl (C=O) groups is 3. The number of carboxylic acid groups (broad SMARTS) is 1. The Bertz CT molecular complexity index is 711. The lowest BCUT2D eigenvalue weighted by Crippen LogP contribution is -2.49. The van der Waals surface area contributed by atoms with E-state index >= 15 is 0 Å². The zero-order chi connectivity index (χ0) is 18.2. The van der Waals surface area contributed by atoms with E-state index in [1.165, 1.54) is 11.8 Å². The van der Waals surface area contributed by atoms with Gasteiger partial charge in [-0.05, 0) is 37.6 Å². The smallest absolute Gasteiger partial charge is 0.311 e. The van der Waals surface area contributed by atoms with Crippen molar-refractivity contribution in [2.24, 2.45) is 5.41 Å². The molecule has 8 heteroatoms. The molecule has 134 valence electrons. The van der Waals surface area contributed by atoms with Crippen molar-refractivity contribution in [3.05, 3.63) is 34.9 Å². The van der Waals surface area contributed by atoms with E-state index in [0.29, 0.717) is 35.2 Å². The summed E-state index contributed by atoms with van der Waals surface area (Å²) in [6, 6.07) is 6.03. The van der Waals surface area contributed by atoms with Crippen LogP contribution in [0.4, 0.5) is 0 Å². The molecular weight excluding hydrogens is 364 g/mol. The highest BCUT2D eigenvalue weighted by atomic mass is 35.5. The van der Waals surface area contributed by atoms with Crippen LogP contribution < -0.4 is 0 Å². The van der Waals surface area contributed by atoms with Gasteiger partial charge in [-0.3, -0.25) is 14.4 Å². The average molecular weight is 383 g/mol. The summed E-state index contributed by atoms with van der Waals surface area (Å²) in [4.78, 5) is 40.1. The number of hydrogen-bond donors (Lipinski definition) is 1. The summed E-state index contributed by atoms with van der Waals surface area (Å²) >= 11 is 7.38. The number of amides is 2. The predicted octanol–water partition coefficient (Wildman–Crippen LogP) is 2.18. The number of hydrogen-bond acceptors (Lipinski definition) is 4. The van der Waals surface area contributed by atoms with Crippen LogP contribution in [-0.4, -0.2) is 63.5 Å². The molecule has 25 heavy (non-hydrogen) atoms. The molecule has 0 saturated carbocycles. The Labute approximate surface area is 155 Å². The van der Waals surface area contributed by atoms with Crippen molar-refractivity contribution >= 4 is 41.1 Å². The van der Waals surface area contributed by atoms with E-state index in [1.54, 1.807) is 41.0 Å². The number of aliphatic carboxylic acids is 1. The topological polar surface area (TPSA) is 77.9 Å². The molecule has 0 radical (unpaired) electrons. The lowest BCUT2D eigenvalue weighted by atomic mass is 9.90. The molecule has 6 nitrogen and oxygen atoms in total. The summed E-state index contributed by atoms with van der Waals surface area (Å²) in [7, 11) is 0.